The summed E-state index contributed by atoms with van der Waals surface area (Å²) in [6.07, 6.45) is -0.287. The van der Waals surface area contributed by atoms with Crippen LogP contribution in [0, 0.1) is 0 Å². The van der Waals surface area contributed by atoms with Crippen molar-refractivity contribution in [1.82, 2.24) is 4.72 Å². The van der Waals surface area contributed by atoms with Crippen molar-refractivity contribution in [2.24, 2.45) is 0 Å². The molecule has 2 N–H and O–H groups in total. The number of sulfonamides is 1. The van der Waals surface area contributed by atoms with Gasteiger partial charge in [0.2, 0.25) is 15.9 Å². The molecule has 0 saturated carbocycles. The van der Waals surface area contributed by atoms with Gasteiger partial charge in [0, 0.05) is 26.2 Å². The molecule has 110 valence electrons. The predicted octanol–water partition coefficient (Wildman–Crippen LogP) is 0.422. The third-order valence-corrected chi connectivity index (χ3v) is 4.11. The minimum Gasteiger partial charge on any atom is -0.481 e. The molecule has 0 saturated heterocycles. The van der Waals surface area contributed by atoms with Crippen LogP contribution in [-0.2, 0) is 19.6 Å². The van der Waals surface area contributed by atoms with Crippen LogP contribution in [0.15, 0.2) is 29.2 Å². The molecule has 7 nitrogen and oxygen atoms in total. The Labute approximate surface area is 117 Å². The molecule has 0 radical (unpaired) electrons. The molecule has 0 aliphatic heterocycles. The maximum atomic E-state index is 11.8. The first-order valence-corrected chi connectivity index (χ1v) is 7.28. The van der Waals surface area contributed by atoms with Crippen molar-refractivity contribution in [3.63, 3.8) is 0 Å². The number of amides is 1. The lowest BCUT2D eigenvalue weighted by Crippen LogP contribution is -2.26. The van der Waals surface area contributed by atoms with Crippen LogP contribution in [-0.4, -0.2) is 39.0 Å². The van der Waals surface area contributed by atoms with Crippen LogP contribution >= 0.6 is 0 Å². The first kappa shape index (κ1) is 16.1. The van der Waals surface area contributed by atoms with Crippen molar-refractivity contribution in [3.8, 4) is 0 Å². The highest BCUT2D eigenvalue weighted by Gasteiger charge is 2.14. The number of hydrogen-bond donors (Lipinski definition) is 2. The summed E-state index contributed by atoms with van der Waals surface area (Å²) in [7, 11) is -2.16. The van der Waals surface area contributed by atoms with E-state index in [1.807, 2.05) is 0 Å². The molecule has 0 fully saturated rings. The molecule has 1 aromatic carbocycles. The van der Waals surface area contributed by atoms with Gasteiger partial charge in [0.05, 0.1) is 11.3 Å². The van der Waals surface area contributed by atoms with Gasteiger partial charge in [-0.25, -0.2) is 13.1 Å². The summed E-state index contributed by atoms with van der Waals surface area (Å²) in [5, 5.41) is 8.46. The SMILES string of the molecule is CC(=O)N(C)c1ccc(S(=O)(=O)NCCC(=O)O)cc1. The van der Waals surface area contributed by atoms with E-state index < -0.39 is 16.0 Å². The Morgan fingerprint density at radius 2 is 1.80 bits per heavy atom. The fourth-order valence-corrected chi connectivity index (χ4v) is 2.44. The molecule has 0 heterocycles. The molecule has 20 heavy (non-hydrogen) atoms. The van der Waals surface area contributed by atoms with E-state index in [4.69, 9.17) is 5.11 Å². The molecule has 8 heteroatoms. The Morgan fingerprint density at radius 3 is 2.25 bits per heavy atom. The molecular formula is C12H16N2O5S. The van der Waals surface area contributed by atoms with Crippen LogP contribution in [0.4, 0.5) is 5.69 Å². The number of carboxylic acid groups (broad SMARTS) is 1. The van der Waals surface area contributed by atoms with Crippen LogP contribution < -0.4 is 9.62 Å². The van der Waals surface area contributed by atoms with Gasteiger partial charge in [-0.15, -0.1) is 0 Å². The second-order valence-electron chi connectivity index (χ2n) is 4.11. The lowest BCUT2D eigenvalue weighted by atomic mass is 10.3. The van der Waals surface area contributed by atoms with Crippen molar-refractivity contribution in [2.45, 2.75) is 18.2 Å². The third kappa shape index (κ3) is 4.32. The van der Waals surface area contributed by atoms with E-state index >= 15 is 0 Å². The van der Waals surface area contributed by atoms with E-state index in [-0.39, 0.29) is 23.8 Å². The fourth-order valence-electron chi connectivity index (χ4n) is 1.41. The molecule has 0 unspecified atom stereocenters. The first-order valence-electron chi connectivity index (χ1n) is 5.80. The van der Waals surface area contributed by atoms with Gasteiger partial charge >= 0.3 is 5.97 Å². The Hall–Kier alpha value is -1.93. The second-order valence-corrected chi connectivity index (χ2v) is 5.88. The fraction of sp³-hybridized carbons (Fsp3) is 0.333. The molecule has 0 aliphatic rings. The molecule has 1 aromatic rings. The number of aliphatic carboxylic acids is 1. The van der Waals surface area contributed by atoms with Crippen molar-refractivity contribution >= 4 is 27.6 Å². The number of rotatable bonds is 6. The Morgan fingerprint density at radius 1 is 1.25 bits per heavy atom. The zero-order chi connectivity index (χ0) is 15.3. The van der Waals surface area contributed by atoms with Crippen LogP contribution in [0.3, 0.4) is 0 Å². The number of carbonyl (C=O) groups excluding carboxylic acids is 1. The Bertz CT molecular complexity index is 595. The number of carboxylic acids is 1. The smallest absolute Gasteiger partial charge is 0.304 e. The van der Waals surface area contributed by atoms with Gasteiger partial charge in [-0.1, -0.05) is 0 Å². The number of carbonyl (C=O) groups is 2. The highest BCUT2D eigenvalue weighted by Crippen LogP contribution is 2.16. The van der Waals surface area contributed by atoms with Crippen molar-refractivity contribution in [3.05, 3.63) is 24.3 Å². The van der Waals surface area contributed by atoms with E-state index in [9.17, 15) is 18.0 Å². The normalized spacial score (nSPS) is 11.1. The average Bonchev–Trinajstić information content (AvgIpc) is 2.37. The van der Waals surface area contributed by atoms with Crippen molar-refractivity contribution < 1.29 is 23.1 Å². The Balaban J connectivity index is 2.82. The van der Waals surface area contributed by atoms with Gasteiger partial charge in [0.1, 0.15) is 0 Å². The number of nitrogens with zero attached hydrogens (tertiary/aromatic N) is 1. The molecule has 0 aromatic heterocycles. The lowest BCUT2D eigenvalue weighted by Gasteiger charge is -2.15. The lowest BCUT2D eigenvalue weighted by molar-refractivity contribution is -0.136. The number of benzene rings is 1. The summed E-state index contributed by atoms with van der Waals surface area (Å²) in [6.45, 7) is 1.23. The van der Waals surface area contributed by atoms with Crippen LogP contribution in [0.2, 0.25) is 0 Å². The summed E-state index contributed by atoms with van der Waals surface area (Å²) in [5.74, 6) is -1.24. The van der Waals surface area contributed by atoms with E-state index in [2.05, 4.69) is 4.72 Å². The molecule has 0 aliphatic carbocycles. The van der Waals surface area contributed by atoms with Gasteiger partial charge in [-0.2, -0.15) is 0 Å². The molecule has 0 atom stereocenters. The first-order chi connectivity index (χ1) is 9.24. The zero-order valence-electron chi connectivity index (χ0n) is 11.2. The molecular weight excluding hydrogens is 284 g/mol. The Kier molecular flexibility index (Phi) is 5.23. The van der Waals surface area contributed by atoms with Crippen LogP contribution in [0.5, 0.6) is 0 Å². The van der Waals surface area contributed by atoms with Crippen LogP contribution in [0.1, 0.15) is 13.3 Å². The van der Waals surface area contributed by atoms with E-state index in [1.54, 1.807) is 7.05 Å². The minimum absolute atomic E-state index is 0.0172. The topological polar surface area (TPSA) is 104 Å². The van der Waals surface area contributed by atoms with Gasteiger partial charge in [0.25, 0.3) is 0 Å². The van der Waals surface area contributed by atoms with E-state index in [1.165, 1.54) is 36.1 Å². The monoisotopic (exact) mass is 300 g/mol. The van der Waals surface area contributed by atoms with E-state index in [0.29, 0.717) is 5.69 Å². The average molecular weight is 300 g/mol. The van der Waals surface area contributed by atoms with Crippen molar-refractivity contribution in [2.75, 3.05) is 18.5 Å². The number of anilines is 1. The van der Waals surface area contributed by atoms with E-state index in [0.717, 1.165) is 0 Å². The second kappa shape index (κ2) is 6.49. The standard InChI is InChI=1S/C12H16N2O5S/c1-9(15)14(2)10-3-5-11(6-4-10)20(18,19)13-8-7-12(16)17/h3-6,13H,7-8H2,1-2H3,(H,16,17). The zero-order valence-corrected chi connectivity index (χ0v) is 12.0. The van der Waals surface area contributed by atoms with Crippen LogP contribution in [0.25, 0.3) is 0 Å². The summed E-state index contributed by atoms with van der Waals surface area (Å²) >= 11 is 0. The molecule has 1 amide bonds. The van der Waals surface area contributed by atoms with Gasteiger partial charge < -0.3 is 10.0 Å². The summed E-state index contributed by atoms with van der Waals surface area (Å²) in [5.41, 5.74) is 0.571. The molecule has 1 rings (SSSR count). The number of nitrogens with one attached hydrogen (secondary N) is 1. The largest absolute Gasteiger partial charge is 0.481 e. The highest BCUT2D eigenvalue weighted by atomic mass is 32.2. The highest BCUT2D eigenvalue weighted by molar-refractivity contribution is 7.89. The van der Waals surface area contributed by atoms with Crippen molar-refractivity contribution in [1.29, 1.82) is 0 Å². The number of hydrogen-bond acceptors (Lipinski definition) is 4. The van der Waals surface area contributed by atoms with Gasteiger partial charge in [0.15, 0.2) is 0 Å². The quantitative estimate of drug-likeness (QED) is 0.792. The van der Waals surface area contributed by atoms with Gasteiger partial charge in [-0.3, -0.25) is 9.59 Å². The minimum atomic E-state index is -3.74. The summed E-state index contributed by atoms with van der Waals surface area (Å²) < 4.78 is 25.9. The maximum absolute atomic E-state index is 11.8. The van der Waals surface area contributed by atoms with Gasteiger partial charge in [-0.05, 0) is 24.3 Å². The summed E-state index contributed by atoms with van der Waals surface area (Å²) in [6, 6.07) is 5.73. The molecule has 0 bridgehead atoms. The molecule has 0 spiro atoms. The predicted molar refractivity (Wildman–Crippen MR) is 73.0 cm³/mol. The summed E-state index contributed by atoms with van der Waals surface area (Å²) in [4.78, 5) is 22.9. The maximum Gasteiger partial charge on any atom is 0.304 e. The third-order valence-electron chi connectivity index (χ3n) is 2.64.